The number of hydrogen-bond donors (Lipinski definition) is 2. The Hall–Kier alpha value is -1.59. The maximum absolute atomic E-state index is 5.75. The van der Waals surface area contributed by atoms with Gasteiger partial charge in [0, 0.05) is 12.2 Å². The van der Waals surface area contributed by atoms with Crippen LogP contribution >= 0.6 is 0 Å². The van der Waals surface area contributed by atoms with E-state index in [1.54, 1.807) is 0 Å². The summed E-state index contributed by atoms with van der Waals surface area (Å²) in [6.07, 6.45) is 0.280. The molecule has 0 aliphatic heterocycles. The summed E-state index contributed by atoms with van der Waals surface area (Å²) in [7, 11) is 2.06. The summed E-state index contributed by atoms with van der Waals surface area (Å²) in [5.41, 5.74) is 8.45. The zero-order valence-electron chi connectivity index (χ0n) is 11.8. The van der Waals surface area contributed by atoms with E-state index in [1.165, 1.54) is 0 Å². The lowest BCUT2D eigenvalue weighted by atomic mass is 10.3. The fourth-order valence-electron chi connectivity index (χ4n) is 1.93. The van der Waals surface area contributed by atoms with Gasteiger partial charge in [0.15, 0.2) is 0 Å². The minimum atomic E-state index is 0.280. The molecule has 2 aromatic rings. The summed E-state index contributed by atoms with van der Waals surface area (Å²) in [5, 5.41) is 0. The number of nitrogen functional groups attached to an aromatic ring is 1. The summed E-state index contributed by atoms with van der Waals surface area (Å²) in [6, 6.07) is 5.72. The van der Waals surface area contributed by atoms with Gasteiger partial charge in [-0.15, -0.1) is 0 Å². The third-order valence-corrected chi connectivity index (χ3v) is 2.90. The van der Waals surface area contributed by atoms with Crippen molar-refractivity contribution in [2.45, 2.75) is 26.5 Å². The molecule has 0 spiro atoms. The predicted octanol–water partition coefficient (Wildman–Crippen LogP) is 2.00. The summed E-state index contributed by atoms with van der Waals surface area (Å²) < 4.78 is 5.54. The molecule has 3 N–H and O–H groups in total. The van der Waals surface area contributed by atoms with Crippen molar-refractivity contribution < 1.29 is 4.74 Å². The van der Waals surface area contributed by atoms with Gasteiger partial charge >= 0.3 is 0 Å². The van der Waals surface area contributed by atoms with E-state index >= 15 is 0 Å². The predicted molar refractivity (Wildman–Crippen MR) is 77.9 cm³/mol. The van der Waals surface area contributed by atoms with E-state index in [0.717, 1.165) is 42.2 Å². The lowest BCUT2D eigenvalue weighted by Crippen LogP contribution is -2.24. The standard InChI is InChI=1S/C14H22N4O/c1-10(2)19-7-6-18(3)9-14-16-12-5-4-11(15)8-13(12)17-14/h4-5,8,10H,6-7,9,15H2,1-3H3,(H,16,17). The lowest BCUT2D eigenvalue weighted by molar-refractivity contribution is 0.0623. The van der Waals surface area contributed by atoms with Crippen LogP contribution in [-0.2, 0) is 11.3 Å². The van der Waals surface area contributed by atoms with Gasteiger partial charge in [0.05, 0.1) is 30.3 Å². The van der Waals surface area contributed by atoms with E-state index in [2.05, 4.69) is 21.9 Å². The van der Waals surface area contributed by atoms with Crippen molar-refractivity contribution in [3.8, 4) is 0 Å². The van der Waals surface area contributed by atoms with Crippen molar-refractivity contribution in [1.29, 1.82) is 0 Å². The lowest BCUT2D eigenvalue weighted by Gasteiger charge is -2.16. The Morgan fingerprint density at radius 3 is 2.95 bits per heavy atom. The van der Waals surface area contributed by atoms with Crippen molar-refractivity contribution in [3.05, 3.63) is 24.0 Å². The smallest absolute Gasteiger partial charge is 0.121 e. The molecule has 0 amide bonds. The molecular weight excluding hydrogens is 240 g/mol. The Kier molecular flexibility index (Phi) is 4.39. The maximum Gasteiger partial charge on any atom is 0.121 e. The third-order valence-electron chi connectivity index (χ3n) is 2.90. The second-order valence-electron chi connectivity index (χ2n) is 5.12. The number of hydrogen-bond acceptors (Lipinski definition) is 4. The number of rotatable bonds is 6. The molecule has 2 rings (SSSR count). The van der Waals surface area contributed by atoms with Gasteiger partial charge in [0.1, 0.15) is 5.82 Å². The van der Waals surface area contributed by atoms with E-state index in [0.29, 0.717) is 0 Å². The average molecular weight is 262 g/mol. The second kappa shape index (κ2) is 6.04. The van der Waals surface area contributed by atoms with Crippen LogP contribution in [0.4, 0.5) is 5.69 Å². The van der Waals surface area contributed by atoms with Gasteiger partial charge in [0.25, 0.3) is 0 Å². The molecule has 1 aromatic carbocycles. The number of nitrogens with one attached hydrogen (secondary N) is 1. The first-order chi connectivity index (χ1) is 9.04. The number of H-pyrrole nitrogens is 1. The van der Waals surface area contributed by atoms with E-state index in [1.807, 2.05) is 32.0 Å². The monoisotopic (exact) mass is 262 g/mol. The normalized spacial score (nSPS) is 11.8. The van der Waals surface area contributed by atoms with Crippen molar-refractivity contribution in [2.75, 3.05) is 25.9 Å². The number of imidazole rings is 1. The number of nitrogens with two attached hydrogens (primary N) is 1. The number of anilines is 1. The Morgan fingerprint density at radius 1 is 1.42 bits per heavy atom. The summed E-state index contributed by atoms with van der Waals surface area (Å²) >= 11 is 0. The first-order valence-corrected chi connectivity index (χ1v) is 6.59. The van der Waals surface area contributed by atoms with Gasteiger partial charge in [0.2, 0.25) is 0 Å². The SMILES string of the molecule is CC(C)OCCN(C)Cc1nc2ccc(N)cc2[nH]1. The van der Waals surface area contributed by atoms with Gasteiger partial charge < -0.3 is 15.5 Å². The molecule has 0 fully saturated rings. The van der Waals surface area contributed by atoms with Gasteiger partial charge in [-0.1, -0.05) is 0 Å². The van der Waals surface area contributed by atoms with Crippen LogP contribution in [0.5, 0.6) is 0 Å². The highest BCUT2D eigenvalue weighted by Crippen LogP contribution is 2.15. The van der Waals surface area contributed by atoms with Gasteiger partial charge in [-0.25, -0.2) is 4.98 Å². The first-order valence-electron chi connectivity index (χ1n) is 6.59. The Labute approximate surface area is 113 Å². The summed E-state index contributed by atoms with van der Waals surface area (Å²) in [4.78, 5) is 10.0. The quantitative estimate of drug-likeness (QED) is 0.781. The van der Waals surface area contributed by atoms with Crippen molar-refractivity contribution in [1.82, 2.24) is 14.9 Å². The Bertz CT molecular complexity index is 535. The number of aromatic nitrogens is 2. The zero-order chi connectivity index (χ0) is 13.8. The van der Waals surface area contributed by atoms with Gasteiger partial charge in [-0.05, 0) is 39.1 Å². The number of likely N-dealkylation sites (N-methyl/N-ethyl adjacent to an activating group) is 1. The second-order valence-corrected chi connectivity index (χ2v) is 5.12. The maximum atomic E-state index is 5.75. The first kappa shape index (κ1) is 13.8. The molecule has 0 aliphatic rings. The summed E-state index contributed by atoms with van der Waals surface area (Å²) in [5.74, 6) is 0.952. The molecule has 0 saturated carbocycles. The number of aromatic amines is 1. The van der Waals surface area contributed by atoms with Gasteiger partial charge in [-0.2, -0.15) is 0 Å². The van der Waals surface area contributed by atoms with Crippen molar-refractivity contribution in [2.24, 2.45) is 0 Å². The highest BCUT2D eigenvalue weighted by Gasteiger charge is 2.06. The molecule has 0 unspecified atom stereocenters. The average Bonchev–Trinajstić information content (AvgIpc) is 2.69. The van der Waals surface area contributed by atoms with Crippen LogP contribution in [0.2, 0.25) is 0 Å². The van der Waals surface area contributed by atoms with Crippen LogP contribution in [-0.4, -0.2) is 41.2 Å². The molecule has 0 aliphatic carbocycles. The molecule has 19 heavy (non-hydrogen) atoms. The van der Waals surface area contributed by atoms with E-state index < -0.39 is 0 Å². The van der Waals surface area contributed by atoms with Crippen LogP contribution in [0, 0.1) is 0 Å². The highest BCUT2D eigenvalue weighted by atomic mass is 16.5. The number of nitrogens with zero attached hydrogens (tertiary/aromatic N) is 2. The fraction of sp³-hybridized carbons (Fsp3) is 0.500. The van der Waals surface area contributed by atoms with Crippen molar-refractivity contribution >= 4 is 16.7 Å². The van der Waals surface area contributed by atoms with Gasteiger partial charge in [-0.3, -0.25) is 4.90 Å². The van der Waals surface area contributed by atoms with E-state index in [9.17, 15) is 0 Å². The minimum absolute atomic E-state index is 0.280. The molecule has 1 aromatic heterocycles. The number of ether oxygens (including phenoxy) is 1. The molecule has 0 bridgehead atoms. The molecule has 104 valence electrons. The third kappa shape index (κ3) is 3.94. The van der Waals surface area contributed by atoms with Crippen LogP contribution in [0.3, 0.4) is 0 Å². The minimum Gasteiger partial charge on any atom is -0.399 e. The fourth-order valence-corrected chi connectivity index (χ4v) is 1.93. The van der Waals surface area contributed by atoms with Crippen LogP contribution in [0.25, 0.3) is 11.0 Å². The number of fused-ring (bicyclic) bond motifs is 1. The van der Waals surface area contributed by atoms with E-state index in [-0.39, 0.29) is 6.10 Å². The molecule has 0 radical (unpaired) electrons. The van der Waals surface area contributed by atoms with Crippen LogP contribution in [0.1, 0.15) is 19.7 Å². The summed E-state index contributed by atoms with van der Waals surface area (Å²) in [6.45, 7) is 6.49. The molecule has 5 heteroatoms. The number of benzene rings is 1. The molecular formula is C14H22N4O. The van der Waals surface area contributed by atoms with E-state index in [4.69, 9.17) is 10.5 Å². The highest BCUT2D eigenvalue weighted by molar-refractivity contribution is 5.78. The largest absolute Gasteiger partial charge is 0.399 e. The van der Waals surface area contributed by atoms with Crippen LogP contribution in [0.15, 0.2) is 18.2 Å². The van der Waals surface area contributed by atoms with Crippen LogP contribution < -0.4 is 5.73 Å². The zero-order valence-corrected chi connectivity index (χ0v) is 11.8. The Morgan fingerprint density at radius 2 is 2.21 bits per heavy atom. The molecule has 5 nitrogen and oxygen atoms in total. The van der Waals surface area contributed by atoms with Crippen molar-refractivity contribution in [3.63, 3.8) is 0 Å². The topological polar surface area (TPSA) is 67.2 Å². The Balaban J connectivity index is 1.93. The molecule has 0 saturated heterocycles. The molecule has 0 atom stereocenters. The molecule has 1 heterocycles.